The van der Waals surface area contributed by atoms with Crippen LogP contribution in [0.4, 0.5) is 0 Å². The molecule has 0 radical (unpaired) electrons. The minimum Gasteiger partial charge on any atom is -0.368 e. The first kappa shape index (κ1) is 14.7. The van der Waals surface area contributed by atoms with Crippen LogP contribution in [-0.2, 0) is 14.7 Å². The number of hydroxylamine groups is 2. The van der Waals surface area contributed by atoms with E-state index in [0.717, 1.165) is 0 Å². The van der Waals surface area contributed by atoms with Gasteiger partial charge in [0.15, 0.2) is 0 Å². The molecule has 1 atom stereocenters. The Kier molecular flexibility index (Phi) is 4.51. The second kappa shape index (κ2) is 5.52. The standard InChI is InChI=1S/C8H17N5O4S/c1-3-12(4-2)7-5-6(9)13(8(10)11-7)17-18(14,15)16/h5-6H,3-4,9H2,1-2H3,(H2,10,11)(H,14,15,16). The molecule has 0 aromatic rings. The molecule has 0 saturated heterocycles. The van der Waals surface area contributed by atoms with E-state index in [1.165, 1.54) is 6.08 Å². The molecule has 18 heavy (non-hydrogen) atoms. The van der Waals surface area contributed by atoms with Crippen molar-refractivity contribution in [2.75, 3.05) is 13.1 Å². The van der Waals surface area contributed by atoms with Gasteiger partial charge in [-0.15, -0.1) is 4.28 Å². The largest absolute Gasteiger partial charge is 0.418 e. The molecule has 5 N–H and O–H groups in total. The van der Waals surface area contributed by atoms with Crippen molar-refractivity contribution in [3.05, 3.63) is 11.9 Å². The number of nitrogens with zero attached hydrogens (tertiary/aromatic N) is 3. The number of rotatable bonds is 5. The number of hydrogen-bond donors (Lipinski definition) is 3. The predicted molar refractivity (Wildman–Crippen MR) is 65.1 cm³/mol. The van der Waals surface area contributed by atoms with Crippen LogP contribution in [0.3, 0.4) is 0 Å². The van der Waals surface area contributed by atoms with Crippen LogP contribution in [0, 0.1) is 0 Å². The van der Waals surface area contributed by atoms with Crippen LogP contribution in [0.2, 0.25) is 0 Å². The van der Waals surface area contributed by atoms with Crippen LogP contribution in [-0.4, -0.2) is 48.1 Å². The summed E-state index contributed by atoms with van der Waals surface area (Å²) >= 11 is 0. The lowest BCUT2D eigenvalue weighted by atomic mass is 10.3. The van der Waals surface area contributed by atoms with E-state index in [9.17, 15) is 8.42 Å². The summed E-state index contributed by atoms with van der Waals surface area (Å²) in [6.45, 7) is 5.27. The van der Waals surface area contributed by atoms with Crippen molar-refractivity contribution in [2.45, 2.75) is 20.0 Å². The summed E-state index contributed by atoms with van der Waals surface area (Å²) in [6.07, 6.45) is 0.522. The molecule has 1 unspecified atom stereocenters. The molecule has 1 aliphatic rings. The van der Waals surface area contributed by atoms with Gasteiger partial charge in [-0.1, -0.05) is 0 Å². The molecule has 0 amide bonds. The lowest BCUT2D eigenvalue weighted by molar-refractivity contribution is -0.0132. The van der Waals surface area contributed by atoms with Crippen LogP contribution in [0.25, 0.3) is 0 Å². The van der Waals surface area contributed by atoms with Gasteiger partial charge in [-0.25, -0.2) is 0 Å². The molecule has 0 aromatic carbocycles. The highest BCUT2D eigenvalue weighted by atomic mass is 32.3. The van der Waals surface area contributed by atoms with Gasteiger partial charge in [0.05, 0.1) is 0 Å². The van der Waals surface area contributed by atoms with E-state index in [1.807, 2.05) is 18.7 Å². The number of nitrogens with two attached hydrogens (primary N) is 2. The summed E-state index contributed by atoms with van der Waals surface area (Å²) in [4.78, 5) is 5.85. The second-order valence-corrected chi connectivity index (χ2v) is 4.49. The van der Waals surface area contributed by atoms with E-state index >= 15 is 0 Å². The third kappa shape index (κ3) is 3.57. The summed E-state index contributed by atoms with van der Waals surface area (Å²) in [5.74, 6) is 0.282. The van der Waals surface area contributed by atoms with Crippen molar-refractivity contribution >= 4 is 16.4 Å². The summed E-state index contributed by atoms with van der Waals surface area (Å²) in [5.41, 5.74) is 11.2. The molecule has 0 saturated carbocycles. The van der Waals surface area contributed by atoms with E-state index in [-0.39, 0.29) is 5.96 Å². The maximum Gasteiger partial charge on any atom is 0.418 e. The van der Waals surface area contributed by atoms with Gasteiger partial charge in [0.2, 0.25) is 5.96 Å². The third-order valence-electron chi connectivity index (χ3n) is 2.31. The number of aliphatic imine (C=N–C) groups is 1. The maximum absolute atomic E-state index is 10.6. The van der Waals surface area contributed by atoms with Gasteiger partial charge in [0, 0.05) is 13.1 Å². The van der Waals surface area contributed by atoms with Gasteiger partial charge in [-0.05, 0) is 19.9 Å². The molecule has 1 aliphatic heterocycles. The van der Waals surface area contributed by atoms with Gasteiger partial charge in [-0.2, -0.15) is 18.5 Å². The zero-order valence-electron chi connectivity index (χ0n) is 10.1. The monoisotopic (exact) mass is 279 g/mol. The van der Waals surface area contributed by atoms with Crippen molar-refractivity contribution in [3.8, 4) is 0 Å². The van der Waals surface area contributed by atoms with Crippen LogP contribution in [0.1, 0.15) is 13.8 Å². The van der Waals surface area contributed by atoms with E-state index in [4.69, 9.17) is 16.0 Å². The molecule has 9 nitrogen and oxygen atoms in total. The first-order valence-corrected chi connectivity index (χ1v) is 6.67. The molecule has 1 rings (SSSR count). The van der Waals surface area contributed by atoms with Crippen molar-refractivity contribution in [1.29, 1.82) is 0 Å². The van der Waals surface area contributed by atoms with Crippen molar-refractivity contribution in [3.63, 3.8) is 0 Å². The van der Waals surface area contributed by atoms with E-state index in [1.54, 1.807) is 0 Å². The second-order valence-electron chi connectivity index (χ2n) is 3.49. The molecule has 10 heteroatoms. The first-order chi connectivity index (χ1) is 8.28. The van der Waals surface area contributed by atoms with Gasteiger partial charge in [0.1, 0.15) is 12.0 Å². The minimum absolute atomic E-state index is 0.246. The molecule has 0 spiro atoms. The van der Waals surface area contributed by atoms with E-state index in [2.05, 4.69) is 9.28 Å². The molecule has 0 aliphatic carbocycles. The Balaban J connectivity index is 2.93. The lowest BCUT2D eigenvalue weighted by Crippen LogP contribution is -2.51. The quantitative estimate of drug-likeness (QED) is 0.535. The van der Waals surface area contributed by atoms with Crippen molar-refractivity contribution < 1.29 is 17.3 Å². The molecule has 1 heterocycles. The van der Waals surface area contributed by atoms with Crippen LogP contribution in [0.5, 0.6) is 0 Å². The highest BCUT2D eigenvalue weighted by Gasteiger charge is 2.27. The van der Waals surface area contributed by atoms with E-state index < -0.39 is 16.6 Å². The summed E-state index contributed by atoms with van der Waals surface area (Å²) < 4.78 is 34.0. The topological polar surface area (TPSA) is 134 Å². The summed E-state index contributed by atoms with van der Waals surface area (Å²) in [6, 6.07) is 0. The average Bonchev–Trinajstić information content (AvgIpc) is 2.24. The van der Waals surface area contributed by atoms with Crippen molar-refractivity contribution in [2.24, 2.45) is 16.5 Å². The minimum atomic E-state index is -4.70. The zero-order chi connectivity index (χ0) is 13.9. The predicted octanol–water partition coefficient (Wildman–Crippen LogP) is -1.18. The van der Waals surface area contributed by atoms with Crippen molar-refractivity contribution in [1.82, 2.24) is 9.96 Å². The lowest BCUT2D eigenvalue weighted by Gasteiger charge is -2.31. The summed E-state index contributed by atoms with van der Waals surface area (Å²) in [7, 11) is -4.70. The maximum atomic E-state index is 10.6. The molecule has 0 fully saturated rings. The fourth-order valence-electron chi connectivity index (χ4n) is 1.49. The zero-order valence-corrected chi connectivity index (χ0v) is 11.0. The number of hydrogen-bond acceptors (Lipinski definition) is 8. The fourth-order valence-corrected chi connectivity index (χ4v) is 1.87. The Morgan fingerprint density at radius 3 is 2.50 bits per heavy atom. The SMILES string of the molecule is CCN(CC)C1=CC(N)N(OS(=O)(=O)O)C(N)=N1. The van der Waals surface area contributed by atoms with Crippen LogP contribution < -0.4 is 11.5 Å². The van der Waals surface area contributed by atoms with Crippen LogP contribution in [0.15, 0.2) is 16.9 Å². The highest BCUT2D eigenvalue weighted by molar-refractivity contribution is 7.80. The Morgan fingerprint density at radius 1 is 1.56 bits per heavy atom. The van der Waals surface area contributed by atoms with Gasteiger partial charge in [-0.3, -0.25) is 4.55 Å². The molecule has 0 bridgehead atoms. The first-order valence-electron chi connectivity index (χ1n) is 5.31. The van der Waals surface area contributed by atoms with E-state index in [0.29, 0.717) is 24.0 Å². The van der Waals surface area contributed by atoms with Gasteiger partial charge < -0.3 is 16.4 Å². The van der Waals surface area contributed by atoms with Gasteiger partial charge in [0.25, 0.3) is 0 Å². The molecule has 104 valence electrons. The Hall–Kier alpha value is -1.36. The fraction of sp³-hybridized carbons (Fsp3) is 0.625. The average molecular weight is 279 g/mol. The third-order valence-corrected chi connectivity index (χ3v) is 2.66. The normalized spacial score (nSPS) is 20.4. The molecular formula is C8H17N5O4S. The van der Waals surface area contributed by atoms with Gasteiger partial charge >= 0.3 is 10.4 Å². The Labute approximate surface area is 106 Å². The number of guanidine groups is 1. The molecule has 0 aromatic heterocycles. The summed E-state index contributed by atoms with van der Waals surface area (Å²) in [5, 5.41) is 0.613. The smallest absolute Gasteiger partial charge is 0.368 e. The Morgan fingerprint density at radius 2 is 2.11 bits per heavy atom. The molecular weight excluding hydrogens is 262 g/mol. The Bertz CT molecular complexity index is 456. The highest BCUT2D eigenvalue weighted by Crippen LogP contribution is 2.15. The van der Waals surface area contributed by atoms with Crippen LogP contribution >= 0.6 is 0 Å².